The van der Waals surface area contributed by atoms with Gasteiger partial charge in [-0.3, -0.25) is 4.79 Å². The average molecular weight is 240 g/mol. The molecule has 0 fully saturated rings. The van der Waals surface area contributed by atoms with E-state index in [4.69, 9.17) is 5.11 Å². The number of amides is 2. The lowest BCUT2D eigenvalue weighted by molar-refractivity contribution is -0.137. The maximum absolute atomic E-state index is 12.6. The maximum Gasteiger partial charge on any atom is 0.319 e. The minimum absolute atomic E-state index is 0.156. The Balaban J connectivity index is 2.44. The van der Waals surface area contributed by atoms with E-state index in [0.29, 0.717) is 5.69 Å². The van der Waals surface area contributed by atoms with Crippen LogP contribution in [0.25, 0.3) is 0 Å². The molecule has 0 saturated heterocycles. The molecule has 0 aromatic heterocycles. The Hall–Kier alpha value is -2.11. The lowest BCUT2D eigenvalue weighted by Gasteiger charge is -2.12. The molecule has 0 bridgehead atoms. The summed E-state index contributed by atoms with van der Waals surface area (Å²) >= 11 is 0. The van der Waals surface area contributed by atoms with Gasteiger partial charge in [0.05, 0.1) is 6.42 Å². The summed E-state index contributed by atoms with van der Waals surface area (Å²) in [6, 6.07) is 4.26. The van der Waals surface area contributed by atoms with Crippen molar-refractivity contribution in [2.24, 2.45) is 0 Å². The molecule has 5 nitrogen and oxygen atoms in total. The quantitative estimate of drug-likeness (QED) is 0.751. The van der Waals surface area contributed by atoms with E-state index in [9.17, 15) is 14.0 Å². The molecular weight excluding hydrogens is 227 g/mol. The van der Waals surface area contributed by atoms with E-state index in [0.717, 1.165) is 0 Å². The van der Waals surface area contributed by atoms with Crippen LogP contribution in [0.3, 0.4) is 0 Å². The molecule has 0 aliphatic rings. The van der Waals surface area contributed by atoms with Crippen LogP contribution in [0.1, 0.15) is 13.3 Å². The van der Waals surface area contributed by atoms with Crippen LogP contribution in [-0.2, 0) is 4.79 Å². The highest BCUT2D eigenvalue weighted by Crippen LogP contribution is 2.07. The van der Waals surface area contributed by atoms with Crippen LogP contribution in [0.2, 0.25) is 0 Å². The fraction of sp³-hybridized carbons (Fsp3) is 0.273. The van der Waals surface area contributed by atoms with Gasteiger partial charge in [0.1, 0.15) is 5.82 Å². The average Bonchev–Trinajstić information content (AvgIpc) is 2.19. The first-order valence-corrected chi connectivity index (χ1v) is 5.02. The summed E-state index contributed by atoms with van der Waals surface area (Å²) in [4.78, 5) is 21.8. The Morgan fingerprint density at radius 1 is 1.35 bits per heavy atom. The standard InChI is InChI=1S/C11H13FN2O3/c1-7(6-10(15)16)13-11(17)14-9-4-2-8(12)3-5-9/h2-5,7H,6H2,1H3,(H,15,16)(H2,13,14,17). The number of carbonyl (C=O) groups excluding carboxylic acids is 1. The molecule has 1 rings (SSSR count). The summed E-state index contributed by atoms with van der Waals surface area (Å²) in [5, 5.41) is 13.4. The first kappa shape index (κ1) is 13.0. The number of hydrogen-bond donors (Lipinski definition) is 3. The molecule has 1 atom stereocenters. The normalized spacial score (nSPS) is 11.6. The van der Waals surface area contributed by atoms with Crippen molar-refractivity contribution < 1.29 is 19.1 Å². The molecule has 0 saturated carbocycles. The lowest BCUT2D eigenvalue weighted by atomic mass is 10.2. The third kappa shape index (κ3) is 4.96. The van der Waals surface area contributed by atoms with Crippen molar-refractivity contribution in [3.8, 4) is 0 Å². The second-order valence-corrected chi connectivity index (χ2v) is 3.60. The smallest absolute Gasteiger partial charge is 0.319 e. The third-order valence-electron chi connectivity index (χ3n) is 1.96. The fourth-order valence-corrected chi connectivity index (χ4v) is 1.24. The van der Waals surface area contributed by atoms with Crippen molar-refractivity contribution in [3.05, 3.63) is 30.1 Å². The maximum atomic E-state index is 12.6. The van der Waals surface area contributed by atoms with Crippen molar-refractivity contribution >= 4 is 17.7 Å². The highest BCUT2D eigenvalue weighted by Gasteiger charge is 2.10. The van der Waals surface area contributed by atoms with Crippen molar-refractivity contribution in [3.63, 3.8) is 0 Å². The van der Waals surface area contributed by atoms with E-state index in [1.807, 2.05) is 0 Å². The van der Waals surface area contributed by atoms with Crippen molar-refractivity contribution in [2.45, 2.75) is 19.4 Å². The molecule has 0 aliphatic heterocycles. The molecule has 6 heteroatoms. The van der Waals surface area contributed by atoms with E-state index >= 15 is 0 Å². The Morgan fingerprint density at radius 2 is 1.94 bits per heavy atom. The minimum Gasteiger partial charge on any atom is -0.481 e. The molecule has 17 heavy (non-hydrogen) atoms. The summed E-state index contributed by atoms with van der Waals surface area (Å²) in [5.41, 5.74) is 0.437. The number of carbonyl (C=O) groups is 2. The van der Waals surface area contributed by atoms with Crippen LogP contribution >= 0.6 is 0 Å². The Morgan fingerprint density at radius 3 is 2.47 bits per heavy atom. The van der Waals surface area contributed by atoms with Gasteiger partial charge in [-0.05, 0) is 31.2 Å². The molecule has 2 amide bonds. The summed E-state index contributed by atoms with van der Waals surface area (Å²) < 4.78 is 12.6. The largest absolute Gasteiger partial charge is 0.481 e. The molecule has 3 N–H and O–H groups in total. The van der Waals surface area contributed by atoms with Crippen molar-refractivity contribution in [1.29, 1.82) is 0 Å². The van der Waals surface area contributed by atoms with Crippen molar-refractivity contribution in [1.82, 2.24) is 5.32 Å². The van der Waals surface area contributed by atoms with Gasteiger partial charge in [-0.1, -0.05) is 0 Å². The van der Waals surface area contributed by atoms with Crippen LogP contribution in [0.5, 0.6) is 0 Å². The number of urea groups is 1. The number of aliphatic carboxylic acids is 1. The summed E-state index contributed by atoms with van der Waals surface area (Å²) in [5.74, 6) is -1.38. The van der Waals surface area contributed by atoms with Crippen LogP contribution in [0.4, 0.5) is 14.9 Å². The molecule has 1 aromatic carbocycles. The molecule has 92 valence electrons. The highest BCUT2D eigenvalue weighted by atomic mass is 19.1. The Kier molecular flexibility index (Phi) is 4.45. The second-order valence-electron chi connectivity index (χ2n) is 3.60. The van der Waals surface area contributed by atoms with E-state index in [1.165, 1.54) is 24.3 Å². The summed E-state index contributed by atoms with van der Waals surface area (Å²) in [6.07, 6.45) is -0.156. The number of carboxylic acids is 1. The van der Waals surface area contributed by atoms with E-state index in [2.05, 4.69) is 10.6 Å². The number of nitrogens with one attached hydrogen (secondary N) is 2. The lowest BCUT2D eigenvalue weighted by Crippen LogP contribution is -2.37. The second kappa shape index (κ2) is 5.83. The van der Waals surface area contributed by atoms with E-state index in [-0.39, 0.29) is 6.42 Å². The number of anilines is 1. The number of carboxylic acid groups (broad SMARTS) is 1. The molecule has 0 spiro atoms. The predicted molar refractivity (Wildman–Crippen MR) is 60.3 cm³/mol. The molecule has 0 heterocycles. The highest BCUT2D eigenvalue weighted by molar-refractivity contribution is 5.89. The zero-order valence-corrected chi connectivity index (χ0v) is 9.24. The van der Waals surface area contributed by atoms with Crippen LogP contribution in [0.15, 0.2) is 24.3 Å². The molecule has 0 aliphatic carbocycles. The van der Waals surface area contributed by atoms with Gasteiger partial charge >= 0.3 is 12.0 Å². The zero-order chi connectivity index (χ0) is 12.8. The molecular formula is C11H13FN2O3. The van der Waals surface area contributed by atoms with E-state index in [1.54, 1.807) is 6.92 Å². The Bertz CT molecular complexity index is 406. The van der Waals surface area contributed by atoms with Gasteiger partial charge < -0.3 is 15.7 Å². The SMILES string of the molecule is CC(CC(=O)O)NC(=O)Nc1ccc(F)cc1. The number of benzene rings is 1. The minimum atomic E-state index is -0.986. The first-order valence-electron chi connectivity index (χ1n) is 5.02. The number of halogens is 1. The topological polar surface area (TPSA) is 78.4 Å². The van der Waals surface area contributed by atoms with Gasteiger partial charge in [0.25, 0.3) is 0 Å². The Labute approximate surface area is 97.6 Å². The monoisotopic (exact) mass is 240 g/mol. The fourth-order valence-electron chi connectivity index (χ4n) is 1.24. The van der Waals surface area contributed by atoms with Gasteiger partial charge in [-0.2, -0.15) is 0 Å². The van der Waals surface area contributed by atoms with Gasteiger partial charge in [-0.15, -0.1) is 0 Å². The summed E-state index contributed by atoms with van der Waals surface area (Å²) in [6.45, 7) is 1.58. The van der Waals surface area contributed by atoms with Crippen LogP contribution in [0, 0.1) is 5.82 Å². The number of rotatable bonds is 4. The van der Waals surface area contributed by atoms with Gasteiger partial charge in [0.15, 0.2) is 0 Å². The van der Waals surface area contributed by atoms with E-state index < -0.39 is 23.9 Å². The molecule has 1 aromatic rings. The van der Waals surface area contributed by atoms with Crippen molar-refractivity contribution in [2.75, 3.05) is 5.32 Å². The zero-order valence-electron chi connectivity index (χ0n) is 9.24. The van der Waals surface area contributed by atoms with Gasteiger partial charge in [0.2, 0.25) is 0 Å². The third-order valence-corrected chi connectivity index (χ3v) is 1.96. The van der Waals surface area contributed by atoms with Crippen LogP contribution in [-0.4, -0.2) is 23.1 Å². The molecule has 0 radical (unpaired) electrons. The predicted octanol–water partition coefficient (Wildman–Crippen LogP) is 1.81. The number of hydrogen-bond acceptors (Lipinski definition) is 2. The first-order chi connectivity index (χ1) is 7.97. The summed E-state index contributed by atoms with van der Waals surface area (Å²) in [7, 11) is 0. The van der Waals surface area contributed by atoms with Gasteiger partial charge in [-0.25, -0.2) is 9.18 Å². The van der Waals surface area contributed by atoms with Gasteiger partial charge in [0, 0.05) is 11.7 Å². The van der Waals surface area contributed by atoms with Crippen LogP contribution < -0.4 is 10.6 Å². The molecule has 1 unspecified atom stereocenters.